The summed E-state index contributed by atoms with van der Waals surface area (Å²) in [5, 5.41) is 8.54. The van der Waals surface area contributed by atoms with Crippen LogP contribution in [0.25, 0.3) is 11.0 Å². The second-order valence-electron chi connectivity index (χ2n) is 7.71. The number of likely N-dealkylation sites (N-methyl/N-ethyl adjacent to an activating group) is 1. The van der Waals surface area contributed by atoms with E-state index in [1.54, 1.807) is 30.3 Å². The average molecular weight is 436 g/mol. The molecule has 4 rings (SSSR count). The molecule has 160 valence electrons. The molecule has 2 heterocycles. The quantitative estimate of drug-likeness (QED) is 0.608. The predicted molar refractivity (Wildman–Crippen MR) is 121 cm³/mol. The Bertz CT molecular complexity index is 1230. The summed E-state index contributed by atoms with van der Waals surface area (Å²) >= 11 is 0. The van der Waals surface area contributed by atoms with E-state index in [2.05, 4.69) is 21.7 Å². The number of anilines is 1. The Labute approximate surface area is 182 Å². The minimum absolute atomic E-state index is 0.112. The summed E-state index contributed by atoms with van der Waals surface area (Å²) in [6.07, 6.45) is 0. The normalized spacial score (nSPS) is 16.2. The molecule has 0 radical (unpaired) electrons. The number of aromatic nitrogens is 2. The van der Waals surface area contributed by atoms with Crippen LogP contribution in [0.4, 0.5) is 5.82 Å². The molecular weight excluding hydrogens is 410 g/mol. The summed E-state index contributed by atoms with van der Waals surface area (Å²) in [6.45, 7) is 8.09. The smallest absolute Gasteiger partial charge is 0.200 e. The number of benzene rings is 2. The van der Waals surface area contributed by atoms with Crippen LogP contribution in [0.2, 0.25) is 0 Å². The Morgan fingerprint density at radius 2 is 1.61 bits per heavy atom. The average Bonchev–Trinajstić information content (AvgIpc) is 2.79. The van der Waals surface area contributed by atoms with Crippen molar-refractivity contribution in [3.8, 4) is 6.07 Å². The Morgan fingerprint density at radius 1 is 1.00 bits per heavy atom. The van der Waals surface area contributed by atoms with Gasteiger partial charge in [-0.3, -0.25) is 0 Å². The Balaban J connectivity index is 1.84. The summed E-state index contributed by atoms with van der Waals surface area (Å²) < 4.78 is 26.9. The van der Waals surface area contributed by atoms with Gasteiger partial charge in [-0.25, -0.2) is 18.4 Å². The Hall–Kier alpha value is -3.02. The van der Waals surface area contributed by atoms with E-state index in [1.165, 1.54) is 0 Å². The van der Waals surface area contributed by atoms with Crippen LogP contribution >= 0.6 is 0 Å². The van der Waals surface area contributed by atoms with Crippen LogP contribution in [0.1, 0.15) is 23.4 Å². The maximum absolute atomic E-state index is 13.4. The minimum atomic E-state index is -3.97. The molecule has 1 aromatic heterocycles. The fourth-order valence-corrected chi connectivity index (χ4v) is 5.21. The molecule has 3 aromatic rings. The van der Waals surface area contributed by atoms with Crippen molar-refractivity contribution in [2.75, 3.05) is 37.6 Å². The molecule has 0 aliphatic carbocycles. The van der Waals surface area contributed by atoms with Gasteiger partial charge in [0.2, 0.25) is 9.84 Å². The number of nitrogens with zero attached hydrogens (tertiary/aromatic N) is 5. The highest BCUT2D eigenvalue weighted by Gasteiger charge is 2.35. The molecule has 31 heavy (non-hydrogen) atoms. The summed E-state index contributed by atoms with van der Waals surface area (Å²) in [5.74, 6) is 0.483. The number of para-hydroxylation sites is 2. The predicted octanol–water partition coefficient (Wildman–Crippen LogP) is 3.12. The molecule has 1 aliphatic rings. The van der Waals surface area contributed by atoms with Crippen LogP contribution in [-0.4, -0.2) is 56.0 Å². The minimum Gasteiger partial charge on any atom is -0.352 e. The molecule has 7 nitrogen and oxygen atoms in total. The van der Waals surface area contributed by atoms with E-state index in [1.807, 2.05) is 31.2 Å². The van der Waals surface area contributed by atoms with Crippen molar-refractivity contribution < 1.29 is 8.42 Å². The fourth-order valence-electron chi connectivity index (χ4n) is 3.83. The number of sulfone groups is 1. The zero-order chi connectivity index (χ0) is 22.0. The number of hydrogen-bond acceptors (Lipinski definition) is 7. The third kappa shape index (κ3) is 4.11. The van der Waals surface area contributed by atoms with Crippen molar-refractivity contribution in [3.63, 3.8) is 0 Å². The number of aryl methyl sites for hydroxylation is 1. The lowest BCUT2D eigenvalue weighted by molar-refractivity contribution is 0.270. The van der Waals surface area contributed by atoms with E-state index in [9.17, 15) is 13.7 Å². The number of nitriles is 1. The zero-order valence-electron chi connectivity index (χ0n) is 17.7. The lowest BCUT2D eigenvalue weighted by atomic mass is 10.2. The van der Waals surface area contributed by atoms with Gasteiger partial charge >= 0.3 is 0 Å². The van der Waals surface area contributed by atoms with Crippen LogP contribution in [0.15, 0.2) is 53.4 Å². The second kappa shape index (κ2) is 8.61. The van der Waals surface area contributed by atoms with Crippen LogP contribution < -0.4 is 4.90 Å². The summed E-state index contributed by atoms with van der Waals surface area (Å²) in [5.41, 5.74) is 2.41. The van der Waals surface area contributed by atoms with Crippen molar-refractivity contribution in [1.82, 2.24) is 14.9 Å². The molecule has 2 aromatic carbocycles. The molecule has 1 saturated heterocycles. The molecule has 0 bridgehead atoms. The van der Waals surface area contributed by atoms with Crippen LogP contribution in [-0.2, 0) is 9.84 Å². The number of fused-ring (bicyclic) bond motifs is 1. The van der Waals surface area contributed by atoms with Gasteiger partial charge in [-0.2, -0.15) is 5.26 Å². The highest BCUT2D eigenvalue weighted by atomic mass is 32.2. The highest BCUT2D eigenvalue weighted by Crippen LogP contribution is 2.34. The molecule has 1 atom stereocenters. The third-order valence-electron chi connectivity index (χ3n) is 5.72. The van der Waals surface area contributed by atoms with Gasteiger partial charge in [0, 0.05) is 26.2 Å². The van der Waals surface area contributed by atoms with Crippen LogP contribution in [0, 0.1) is 18.3 Å². The largest absolute Gasteiger partial charge is 0.352 e. The van der Waals surface area contributed by atoms with Crippen LogP contribution in [0.5, 0.6) is 0 Å². The Morgan fingerprint density at radius 3 is 2.19 bits per heavy atom. The Kier molecular flexibility index (Phi) is 5.90. The van der Waals surface area contributed by atoms with E-state index in [0.29, 0.717) is 29.9 Å². The highest BCUT2D eigenvalue weighted by molar-refractivity contribution is 7.92. The molecule has 0 amide bonds. The van der Waals surface area contributed by atoms with Gasteiger partial charge in [-0.15, -0.1) is 0 Å². The number of hydrogen-bond donors (Lipinski definition) is 0. The van der Waals surface area contributed by atoms with Crippen molar-refractivity contribution in [2.24, 2.45) is 0 Å². The lowest BCUT2D eigenvalue weighted by Gasteiger charge is -2.35. The van der Waals surface area contributed by atoms with Crippen molar-refractivity contribution in [1.29, 1.82) is 5.26 Å². The first-order valence-electron chi connectivity index (χ1n) is 10.4. The molecule has 0 N–H and O–H groups in total. The molecule has 1 aliphatic heterocycles. The second-order valence-corrected chi connectivity index (χ2v) is 9.74. The maximum Gasteiger partial charge on any atom is 0.200 e. The third-order valence-corrected chi connectivity index (χ3v) is 7.60. The molecule has 0 spiro atoms. The van der Waals surface area contributed by atoms with E-state index >= 15 is 0 Å². The van der Waals surface area contributed by atoms with Gasteiger partial charge in [0.05, 0.1) is 22.0 Å². The first kappa shape index (κ1) is 21.2. The first-order valence-corrected chi connectivity index (χ1v) is 11.9. The molecular formula is C23H25N5O2S. The zero-order valence-corrected chi connectivity index (χ0v) is 18.5. The monoisotopic (exact) mass is 435 g/mol. The van der Waals surface area contributed by atoms with E-state index in [4.69, 9.17) is 4.98 Å². The van der Waals surface area contributed by atoms with E-state index < -0.39 is 15.1 Å². The SMILES string of the molecule is CCN1CCN(c2nc3ccccc3nc2[C@@H](C#N)S(=O)(=O)c2ccc(C)cc2)CC1. The molecule has 0 unspecified atom stereocenters. The van der Waals surface area contributed by atoms with Gasteiger partial charge in [-0.05, 0) is 37.7 Å². The van der Waals surface area contributed by atoms with Crippen molar-refractivity contribution in [3.05, 3.63) is 59.8 Å². The van der Waals surface area contributed by atoms with Crippen molar-refractivity contribution >= 4 is 26.7 Å². The van der Waals surface area contributed by atoms with E-state index in [-0.39, 0.29) is 10.6 Å². The summed E-state index contributed by atoms with van der Waals surface area (Å²) in [7, 11) is -3.97. The number of piperazine rings is 1. The lowest BCUT2D eigenvalue weighted by Crippen LogP contribution is -2.47. The van der Waals surface area contributed by atoms with Crippen LogP contribution in [0.3, 0.4) is 0 Å². The summed E-state index contributed by atoms with van der Waals surface area (Å²) in [6, 6.07) is 15.9. The molecule has 8 heteroatoms. The van der Waals surface area contributed by atoms with Gasteiger partial charge in [0.1, 0.15) is 5.69 Å². The molecule has 0 saturated carbocycles. The van der Waals surface area contributed by atoms with Gasteiger partial charge in [-0.1, -0.05) is 36.8 Å². The van der Waals surface area contributed by atoms with Gasteiger partial charge < -0.3 is 9.80 Å². The molecule has 1 fully saturated rings. The topological polar surface area (TPSA) is 90.2 Å². The van der Waals surface area contributed by atoms with E-state index in [0.717, 1.165) is 25.2 Å². The fraction of sp³-hybridized carbons (Fsp3) is 0.348. The van der Waals surface area contributed by atoms with Crippen molar-refractivity contribution in [2.45, 2.75) is 24.0 Å². The maximum atomic E-state index is 13.4. The standard InChI is InChI=1S/C23H25N5O2S/c1-3-27-12-14-28(15-13-27)23-22(25-19-6-4-5-7-20(19)26-23)21(16-24)31(29,30)18-10-8-17(2)9-11-18/h4-11,21H,3,12-15H2,1-2H3/t21-/m1/s1. The number of rotatable bonds is 5. The first-order chi connectivity index (χ1) is 14.9. The summed E-state index contributed by atoms with van der Waals surface area (Å²) in [4.78, 5) is 13.9. The van der Waals surface area contributed by atoms with Gasteiger partial charge in [0.25, 0.3) is 0 Å². The van der Waals surface area contributed by atoms with Gasteiger partial charge in [0.15, 0.2) is 11.1 Å².